The molecule has 0 amide bonds. The highest BCUT2D eigenvalue weighted by Crippen LogP contribution is 2.24. The standard InChI is InChI=1S/C16H19NO2/c1-2-18-14-9-6-10-15(11-14)19-16(12-17)13-7-4-3-5-8-13/h3-11,16H,2,12,17H2,1H3. The van der Waals surface area contributed by atoms with Gasteiger partial charge in [-0.05, 0) is 24.6 Å². The van der Waals surface area contributed by atoms with Crippen LogP contribution in [-0.2, 0) is 0 Å². The molecular weight excluding hydrogens is 238 g/mol. The molecule has 3 heteroatoms. The fourth-order valence-corrected chi connectivity index (χ4v) is 1.89. The maximum Gasteiger partial charge on any atom is 0.136 e. The summed E-state index contributed by atoms with van der Waals surface area (Å²) in [6.45, 7) is 3.03. The Balaban J connectivity index is 2.12. The largest absolute Gasteiger partial charge is 0.494 e. The molecule has 0 fully saturated rings. The predicted octanol–water partition coefficient (Wildman–Crippen LogP) is 3.16. The van der Waals surface area contributed by atoms with E-state index in [0.717, 1.165) is 17.1 Å². The van der Waals surface area contributed by atoms with E-state index in [9.17, 15) is 0 Å². The van der Waals surface area contributed by atoms with Crippen molar-refractivity contribution in [2.24, 2.45) is 5.73 Å². The van der Waals surface area contributed by atoms with Crippen molar-refractivity contribution in [2.75, 3.05) is 13.2 Å². The van der Waals surface area contributed by atoms with Gasteiger partial charge in [0, 0.05) is 12.6 Å². The lowest BCUT2D eigenvalue weighted by Crippen LogP contribution is -2.18. The molecule has 0 saturated heterocycles. The van der Waals surface area contributed by atoms with Crippen LogP contribution in [-0.4, -0.2) is 13.2 Å². The summed E-state index contributed by atoms with van der Waals surface area (Å²) in [5.41, 5.74) is 6.87. The zero-order chi connectivity index (χ0) is 13.5. The molecular formula is C16H19NO2. The summed E-state index contributed by atoms with van der Waals surface area (Å²) in [6, 6.07) is 17.6. The van der Waals surface area contributed by atoms with Gasteiger partial charge in [-0.15, -0.1) is 0 Å². The molecule has 1 unspecified atom stereocenters. The second kappa shape index (κ2) is 6.81. The number of ether oxygens (including phenoxy) is 2. The van der Waals surface area contributed by atoms with Gasteiger partial charge in [0.2, 0.25) is 0 Å². The molecule has 2 aromatic carbocycles. The first-order valence-corrected chi connectivity index (χ1v) is 6.48. The highest BCUT2D eigenvalue weighted by Gasteiger charge is 2.11. The van der Waals surface area contributed by atoms with Crippen molar-refractivity contribution in [3.05, 3.63) is 60.2 Å². The van der Waals surface area contributed by atoms with Gasteiger partial charge in [-0.25, -0.2) is 0 Å². The summed E-state index contributed by atoms with van der Waals surface area (Å²) < 4.78 is 11.4. The highest BCUT2D eigenvalue weighted by molar-refractivity contribution is 5.33. The van der Waals surface area contributed by atoms with E-state index < -0.39 is 0 Å². The molecule has 0 radical (unpaired) electrons. The van der Waals surface area contributed by atoms with Crippen LogP contribution in [0.3, 0.4) is 0 Å². The lowest BCUT2D eigenvalue weighted by Gasteiger charge is -2.18. The van der Waals surface area contributed by atoms with E-state index in [1.54, 1.807) is 0 Å². The number of rotatable bonds is 6. The summed E-state index contributed by atoms with van der Waals surface area (Å²) in [5.74, 6) is 1.58. The zero-order valence-electron chi connectivity index (χ0n) is 11.1. The third-order valence-corrected chi connectivity index (χ3v) is 2.78. The number of nitrogens with two attached hydrogens (primary N) is 1. The molecule has 2 rings (SSSR count). The molecule has 1 atom stereocenters. The summed E-state index contributed by atoms with van der Waals surface area (Å²) in [5, 5.41) is 0. The second-order valence-corrected chi connectivity index (χ2v) is 4.16. The minimum Gasteiger partial charge on any atom is -0.494 e. The summed E-state index contributed by atoms with van der Waals surface area (Å²) >= 11 is 0. The van der Waals surface area contributed by atoms with E-state index in [0.29, 0.717) is 13.2 Å². The first-order chi connectivity index (χ1) is 9.33. The highest BCUT2D eigenvalue weighted by atomic mass is 16.5. The van der Waals surface area contributed by atoms with Crippen LogP contribution in [0, 0.1) is 0 Å². The minimum absolute atomic E-state index is 0.141. The van der Waals surface area contributed by atoms with Crippen molar-refractivity contribution in [3.8, 4) is 11.5 Å². The van der Waals surface area contributed by atoms with Crippen molar-refractivity contribution < 1.29 is 9.47 Å². The first kappa shape index (κ1) is 13.4. The number of benzene rings is 2. The third kappa shape index (κ3) is 3.73. The molecule has 0 bridgehead atoms. The van der Waals surface area contributed by atoms with Crippen LogP contribution in [0.4, 0.5) is 0 Å². The molecule has 0 aromatic heterocycles. The van der Waals surface area contributed by atoms with Crippen LogP contribution in [0.2, 0.25) is 0 Å². The molecule has 100 valence electrons. The van der Waals surface area contributed by atoms with Crippen molar-refractivity contribution in [1.29, 1.82) is 0 Å². The van der Waals surface area contributed by atoms with Crippen LogP contribution in [0.15, 0.2) is 54.6 Å². The second-order valence-electron chi connectivity index (χ2n) is 4.16. The predicted molar refractivity (Wildman–Crippen MR) is 76.5 cm³/mol. The molecule has 2 aromatic rings. The number of hydrogen-bond acceptors (Lipinski definition) is 3. The average Bonchev–Trinajstić information content (AvgIpc) is 2.46. The van der Waals surface area contributed by atoms with Gasteiger partial charge in [-0.2, -0.15) is 0 Å². The molecule has 2 N–H and O–H groups in total. The van der Waals surface area contributed by atoms with Gasteiger partial charge < -0.3 is 15.2 Å². The van der Waals surface area contributed by atoms with Crippen molar-refractivity contribution >= 4 is 0 Å². The smallest absolute Gasteiger partial charge is 0.136 e. The maximum atomic E-state index is 5.93. The van der Waals surface area contributed by atoms with Crippen LogP contribution >= 0.6 is 0 Å². The van der Waals surface area contributed by atoms with E-state index in [4.69, 9.17) is 15.2 Å². The molecule has 0 aliphatic carbocycles. The topological polar surface area (TPSA) is 44.5 Å². The Labute approximate surface area is 114 Å². The monoisotopic (exact) mass is 257 g/mol. The van der Waals surface area contributed by atoms with Crippen molar-refractivity contribution in [3.63, 3.8) is 0 Å². The quantitative estimate of drug-likeness (QED) is 0.864. The third-order valence-electron chi connectivity index (χ3n) is 2.78. The van der Waals surface area contributed by atoms with Crippen LogP contribution < -0.4 is 15.2 Å². The Morgan fingerprint density at radius 3 is 2.42 bits per heavy atom. The Morgan fingerprint density at radius 2 is 1.74 bits per heavy atom. The van der Waals surface area contributed by atoms with Crippen LogP contribution in [0.5, 0.6) is 11.5 Å². The normalized spacial score (nSPS) is 11.9. The fraction of sp³-hybridized carbons (Fsp3) is 0.250. The molecule has 0 aliphatic heterocycles. The molecule has 0 aliphatic rings. The van der Waals surface area contributed by atoms with Crippen LogP contribution in [0.25, 0.3) is 0 Å². The van der Waals surface area contributed by atoms with E-state index >= 15 is 0 Å². The van der Waals surface area contributed by atoms with E-state index in [2.05, 4.69) is 0 Å². The lowest BCUT2D eigenvalue weighted by molar-refractivity contribution is 0.213. The lowest BCUT2D eigenvalue weighted by atomic mass is 10.1. The fourth-order valence-electron chi connectivity index (χ4n) is 1.89. The van der Waals surface area contributed by atoms with Gasteiger partial charge in [-0.3, -0.25) is 0 Å². The Kier molecular flexibility index (Phi) is 4.81. The van der Waals surface area contributed by atoms with Gasteiger partial charge >= 0.3 is 0 Å². The Morgan fingerprint density at radius 1 is 1.00 bits per heavy atom. The molecule has 0 heterocycles. The molecule has 0 saturated carbocycles. The first-order valence-electron chi connectivity index (χ1n) is 6.48. The van der Waals surface area contributed by atoms with Gasteiger partial charge in [0.05, 0.1) is 6.61 Å². The molecule has 3 nitrogen and oxygen atoms in total. The zero-order valence-corrected chi connectivity index (χ0v) is 11.1. The van der Waals surface area contributed by atoms with E-state index in [1.165, 1.54) is 0 Å². The Bertz CT molecular complexity index is 499. The minimum atomic E-state index is -0.141. The van der Waals surface area contributed by atoms with Crippen molar-refractivity contribution in [2.45, 2.75) is 13.0 Å². The number of hydrogen-bond donors (Lipinski definition) is 1. The van der Waals surface area contributed by atoms with Crippen molar-refractivity contribution in [1.82, 2.24) is 0 Å². The van der Waals surface area contributed by atoms with Gasteiger partial charge in [-0.1, -0.05) is 36.4 Å². The van der Waals surface area contributed by atoms with E-state index in [-0.39, 0.29) is 6.10 Å². The van der Waals surface area contributed by atoms with Crippen LogP contribution in [0.1, 0.15) is 18.6 Å². The Hall–Kier alpha value is -2.00. The summed E-state index contributed by atoms with van der Waals surface area (Å²) in [4.78, 5) is 0. The molecule has 0 spiro atoms. The maximum absolute atomic E-state index is 5.93. The van der Waals surface area contributed by atoms with Gasteiger partial charge in [0.1, 0.15) is 17.6 Å². The SMILES string of the molecule is CCOc1cccc(OC(CN)c2ccccc2)c1. The average molecular weight is 257 g/mol. The summed E-state index contributed by atoms with van der Waals surface area (Å²) in [7, 11) is 0. The summed E-state index contributed by atoms with van der Waals surface area (Å²) in [6.07, 6.45) is -0.141. The van der Waals surface area contributed by atoms with Gasteiger partial charge in [0.25, 0.3) is 0 Å². The van der Waals surface area contributed by atoms with Gasteiger partial charge in [0.15, 0.2) is 0 Å². The van der Waals surface area contributed by atoms with E-state index in [1.807, 2.05) is 61.5 Å². The molecule has 19 heavy (non-hydrogen) atoms.